The molecular formula is C24H24N2O3S. The van der Waals surface area contributed by atoms with Gasteiger partial charge in [0.15, 0.2) is 0 Å². The van der Waals surface area contributed by atoms with Gasteiger partial charge in [-0.3, -0.25) is 9.59 Å². The van der Waals surface area contributed by atoms with Crippen LogP contribution in [0.2, 0.25) is 0 Å². The second-order valence-electron chi connectivity index (χ2n) is 7.71. The summed E-state index contributed by atoms with van der Waals surface area (Å²) in [5.41, 5.74) is 7.83. The summed E-state index contributed by atoms with van der Waals surface area (Å²) >= 11 is 1.68. The van der Waals surface area contributed by atoms with Crippen LogP contribution < -0.4 is 10.5 Å². The minimum absolute atomic E-state index is 0.107. The standard InChI is InChI=1S/C24H24N2O3S/c1-29-20-8-3-7-19(14-20)22(27)26-11-10-24(16-26,23(25)28)15-17-5-2-6-18(13-17)21-9-4-12-30-21/h2-9,12-14H,10-11,15-16H2,1H3,(H2,25,28)/t24-/m0/s1. The van der Waals surface area contributed by atoms with Crippen LogP contribution >= 0.6 is 11.3 Å². The average Bonchev–Trinajstić information content (AvgIpc) is 3.45. The Morgan fingerprint density at radius 3 is 2.70 bits per heavy atom. The van der Waals surface area contributed by atoms with E-state index in [-0.39, 0.29) is 11.8 Å². The number of hydrogen-bond donors (Lipinski definition) is 1. The van der Waals surface area contributed by atoms with E-state index in [1.54, 1.807) is 47.6 Å². The van der Waals surface area contributed by atoms with Crippen LogP contribution in [0.3, 0.4) is 0 Å². The summed E-state index contributed by atoms with van der Waals surface area (Å²) in [6.07, 6.45) is 1.07. The quantitative estimate of drug-likeness (QED) is 0.655. The van der Waals surface area contributed by atoms with Crippen LogP contribution in [-0.2, 0) is 11.2 Å². The highest BCUT2D eigenvalue weighted by Gasteiger charge is 2.45. The molecule has 0 spiro atoms. The van der Waals surface area contributed by atoms with Gasteiger partial charge in [-0.2, -0.15) is 0 Å². The first-order valence-corrected chi connectivity index (χ1v) is 10.7. The Hall–Kier alpha value is -3.12. The van der Waals surface area contributed by atoms with E-state index in [0.717, 1.165) is 11.1 Å². The van der Waals surface area contributed by atoms with Gasteiger partial charge in [0.05, 0.1) is 12.5 Å². The second kappa shape index (κ2) is 8.32. The van der Waals surface area contributed by atoms with E-state index in [2.05, 4.69) is 18.2 Å². The molecule has 0 saturated carbocycles. The van der Waals surface area contributed by atoms with E-state index in [1.165, 1.54) is 4.88 Å². The number of amides is 2. The van der Waals surface area contributed by atoms with E-state index in [1.807, 2.05) is 23.6 Å². The number of benzene rings is 2. The third-order valence-electron chi connectivity index (χ3n) is 5.76. The van der Waals surface area contributed by atoms with Crippen LogP contribution in [0.25, 0.3) is 10.4 Å². The van der Waals surface area contributed by atoms with Gasteiger partial charge in [-0.05, 0) is 53.6 Å². The Bertz CT molecular complexity index is 1060. The second-order valence-corrected chi connectivity index (χ2v) is 8.66. The van der Waals surface area contributed by atoms with Crippen molar-refractivity contribution in [1.29, 1.82) is 0 Å². The first kappa shape index (κ1) is 20.2. The number of hydrogen-bond acceptors (Lipinski definition) is 4. The molecule has 5 nitrogen and oxygen atoms in total. The summed E-state index contributed by atoms with van der Waals surface area (Å²) in [7, 11) is 1.57. The van der Waals surface area contributed by atoms with Crippen molar-refractivity contribution in [2.24, 2.45) is 11.1 Å². The number of nitrogens with zero attached hydrogens (tertiary/aromatic N) is 1. The molecule has 1 aliphatic rings. The van der Waals surface area contributed by atoms with Crippen LogP contribution in [0.4, 0.5) is 0 Å². The maximum absolute atomic E-state index is 13.0. The SMILES string of the molecule is COc1cccc(C(=O)N2CC[C@@](Cc3cccc(-c4cccs4)c3)(C(N)=O)C2)c1. The Morgan fingerprint density at radius 1 is 1.13 bits per heavy atom. The van der Waals surface area contributed by atoms with Crippen LogP contribution in [0.5, 0.6) is 5.75 Å². The molecule has 154 valence electrons. The van der Waals surface area contributed by atoms with Crippen molar-refractivity contribution >= 4 is 23.2 Å². The molecule has 1 saturated heterocycles. The van der Waals surface area contributed by atoms with Crippen molar-refractivity contribution in [3.63, 3.8) is 0 Å². The summed E-state index contributed by atoms with van der Waals surface area (Å²) in [6, 6.07) is 19.4. The van der Waals surface area contributed by atoms with Gasteiger partial charge in [0.2, 0.25) is 5.91 Å². The number of likely N-dealkylation sites (tertiary alicyclic amines) is 1. The van der Waals surface area contributed by atoms with E-state index >= 15 is 0 Å². The average molecular weight is 421 g/mol. The van der Waals surface area contributed by atoms with Gasteiger partial charge in [-0.15, -0.1) is 11.3 Å². The third-order valence-corrected chi connectivity index (χ3v) is 6.67. The molecule has 2 N–H and O–H groups in total. The highest BCUT2D eigenvalue weighted by Crippen LogP contribution is 2.36. The fraction of sp³-hybridized carbons (Fsp3) is 0.250. The Morgan fingerprint density at radius 2 is 1.97 bits per heavy atom. The Balaban J connectivity index is 1.55. The van der Waals surface area contributed by atoms with Crippen LogP contribution in [0.15, 0.2) is 66.0 Å². The lowest BCUT2D eigenvalue weighted by Gasteiger charge is -2.26. The first-order valence-electron chi connectivity index (χ1n) is 9.87. The monoisotopic (exact) mass is 420 g/mol. The molecule has 2 amide bonds. The van der Waals surface area contributed by atoms with Crippen molar-refractivity contribution < 1.29 is 14.3 Å². The van der Waals surface area contributed by atoms with E-state index < -0.39 is 5.41 Å². The van der Waals surface area contributed by atoms with Crippen molar-refractivity contribution in [3.8, 4) is 16.2 Å². The Labute approximate surface area is 180 Å². The first-order chi connectivity index (χ1) is 14.5. The van der Waals surface area contributed by atoms with Gasteiger partial charge < -0.3 is 15.4 Å². The molecule has 1 atom stereocenters. The molecule has 6 heteroatoms. The number of carbonyl (C=O) groups excluding carboxylic acids is 2. The molecule has 30 heavy (non-hydrogen) atoms. The van der Waals surface area contributed by atoms with Crippen molar-refractivity contribution in [2.75, 3.05) is 20.2 Å². The normalized spacial score (nSPS) is 18.4. The molecular weight excluding hydrogens is 396 g/mol. The maximum atomic E-state index is 13.0. The highest BCUT2D eigenvalue weighted by atomic mass is 32.1. The van der Waals surface area contributed by atoms with E-state index in [0.29, 0.717) is 37.2 Å². The summed E-state index contributed by atoms with van der Waals surface area (Å²) in [4.78, 5) is 28.4. The number of rotatable bonds is 6. The van der Waals surface area contributed by atoms with Crippen molar-refractivity contribution in [1.82, 2.24) is 4.90 Å². The molecule has 3 aromatic rings. The van der Waals surface area contributed by atoms with Crippen LogP contribution in [0, 0.1) is 5.41 Å². The highest BCUT2D eigenvalue weighted by molar-refractivity contribution is 7.13. The van der Waals surface area contributed by atoms with Gasteiger partial charge in [-0.1, -0.05) is 36.4 Å². The minimum Gasteiger partial charge on any atom is -0.497 e. The number of ether oxygens (including phenoxy) is 1. The molecule has 1 fully saturated rings. The van der Waals surface area contributed by atoms with E-state index in [9.17, 15) is 9.59 Å². The van der Waals surface area contributed by atoms with Gasteiger partial charge >= 0.3 is 0 Å². The molecule has 1 aliphatic heterocycles. The zero-order chi connectivity index (χ0) is 21.1. The predicted octanol–water partition coefficient (Wildman–Crippen LogP) is 3.98. The van der Waals surface area contributed by atoms with Crippen molar-refractivity contribution in [3.05, 3.63) is 77.2 Å². The minimum atomic E-state index is -0.761. The lowest BCUT2D eigenvalue weighted by Crippen LogP contribution is -2.42. The summed E-state index contributed by atoms with van der Waals surface area (Å²) in [6.45, 7) is 0.825. The van der Waals surface area contributed by atoms with Gasteiger partial charge in [-0.25, -0.2) is 0 Å². The molecule has 0 bridgehead atoms. The molecule has 4 rings (SSSR count). The van der Waals surface area contributed by atoms with E-state index in [4.69, 9.17) is 10.5 Å². The van der Waals surface area contributed by atoms with Crippen LogP contribution in [0.1, 0.15) is 22.3 Å². The maximum Gasteiger partial charge on any atom is 0.254 e. The fourth-order valence-corrected chi connectivity index (χ4v) is 4.81. The number of carbonyl (C=O) groups is 2. The number of nitrogens with two attached hydrogens (primary N) is 1. The van der Waals surface area contributed by atoms with Crippen LogP contribution in [-0.4, -0.2) is 36.9 Å². The molecule has 1 aromatic heterocycles. The fourth-order valence-electron chi connectivity index (χ4n) is 4.09. The largest absolute Gasteiger partial charge is 0.497 e. The summed E-state index contributed by atoms with van der Waals surface area (Å²) in [5, 5.41) is 2.05. The molecule has 0 radical (unpaired) electrons. The lowest BCUT2D eigenvalue weighted by molar-refractivity contribution is -0.126. The lowest BCUT2D eigenvalue weighted by atomic mass is 9.80. The summed E-state index contributed by atoms with van der Waals surface area (Å²) < 4.78 is 5.22. The Kier molecular flexibility index (Phi) is 5.59. The van der Waals surface area contributed by atoms with Gasteiger partial charge in [0, 0.05) is 23.5 Å². The third kappa shape index (κ3) is 3.96. The number of primary amides is 1. The number of thiophene rings is 1. The van der Waals surface area contributed by atoms with Gasteiger partial charge in [0.25, 0.3) is 5.91 Å². The van der Waals surface area contributed by atoms with Gasteiger partial charge in [0.1, 0.15) is 5.75 Å². The summed E-state index contributed by atoms with van der Waals surface area (Å²) in [5.74, 6) is 0.168. The zero-order valence-electron chi connectivity index (χ0n) is 16.8. The number of methoxy groups -OCH3 is 1. The topological polar surface area (TPSA) is 72.6 Å². The smallest absolute Gasteiger partial charge is 0.254 e. The van der Waals surface area contributed by atoms with Crippen molar-refractivity contribution in [2.45, 2.75) is 12.8 Å². The predicted molar refractivity (Wildman–Crippen MR) is 119 cm³/mol. The molecule has 2 aromatic carbocycles. The molecule has 0 unspecified atom stereocenters. The zero-order valence-corrected chi connectivity index (χ0v) is 17.7. The molecule has 0 aliphatic carbocycles. The molecule has 2 heterocycles.